The first-order valence-corrected chi connectivity index (χ1v) is 5.39. The maximum Gasteiger partial charge on any atom is 0.390 e. The van der Waals surface area contributed by atoms with Crippen molar-refractivity contribution >= 4 is 0 Å². The smallest absolute Gasteiger partial charge is 0.390 e. The molecule has 1 rings (SSSR count). The summed E-state index contributed by atoms with van der Waals surface area (Å²) >= 11 is 0. The third-order valence-electron chi connectivity index (χ3n) is 2.77. The molecular formula is C10H18F3NO. The van der Waals surface area contributed by atoms with E-state index >= 15 is 0 Å². The third-order valence-corrected chi connectivity index (χ3v) is 2.77. The summed E-state index contributed by atoms with van der Waals surface area (Å²) in [5, 5.41) is 12.4. The minimum Gasteiger partial charge on any atom is -0.392 e. The van der Waals surface area contributed by atoms with Crippen molar-refractivity contribution in [1.82, 2.24) is 5.32 Å². The van der Waals surface area contributed by atoms with Crippen molar-refractivity contribution < 1.29 is 18.3 Å². The largest absolute Gasteiger partial charge is 0.392 e. The highest BCUT2D eigenvalue weighted by Gasteiger charge is 2.32. The van der Waals surface area contributed by atoms with E-state index in [1.807, 2.05) is 0 Å². The molecule has 0 saturated heterocycles. The summed E-state index contributed by atoms with van der Waals surface area (Å²) in [6.45, 7) is 1.51. The molecule has 0 spiro atoms. The van der Waals surface area contributed by atoms with E-state index in [1.54, 1.807) is 0 Å². The van der Waals surface area contributed by atoms with E-state index in [-0.39, 0.29) is 6.04 Å². The standard InChI is InChI=1S/C10H18F3NO/c1-7(6-10(11,12)13)14-8-4-2-3-5-9(8)15/h7-9,14-15H,2-6H2,1H3/t7?,8-,9-/m0/s1. The van der Waals surface area contributed by atoms with E-state index in [2.05, 4.69) is 5.32 Å². The van der Waals surface area contributed by atoms with Crippen LogP contribution < -0.4 is 5.32 Å². The molecule has 0 aromatic carbocycles. The van der Waals surface area contributed by atoms with Crippen LogP contribution in [0.1, 0.15) is 39.0 Å². The van der Waals surface area contributed by atoms with Gasteiger partial charge >= 0.3 is 6.18 Å². The fourth-order valence-corrected chi connectivity index (χ4v) is 2.08. The average Bonchev–Trinajstić information content (AvgIpc) is 2.05. The second-order valence-corrected chi connectivity index (χ2v) is 4.35. The molecule has 0 aromatic heterocycles. The first-order valence-electron chi connectivity index (χ1n) is 5.39. The van der Waals surface area contributed by atoms with Crippen molar-refractivity contribution in [2.24, 2.45) is 0 Å². The molecule has 0 aliphatic heterocycles. The molecule has 0 amide bonds. The van der Waals surface area contributed by atoms with Crippen LogP contribution in [0.25, 0.3) is 0 Å². The second kappa shape index (κ2) is 5.16. The van der Waals surface area contributed by atoms with Crippen LogP contribution in [0, 0.1) is 0 Å². The fraction of sp³-hybridized carbons (Fsp3) is 1.00. The molecule has 1 aliphatic carbocycles. The molecular weight excluding hydrogens is 207 g/mol. The number of alkyl halides is 3. The first kappa shape index (κ1) is 12.8. The molecule has 0 heterocycles. The lowest BCUT2D eigenvalue weighted by Gasteiger charge is -2.31. The van der Waals surface area contributed by atoms with Crippen LogP contribution in [0.3, 0.4) is 0 Å². The van der Waals surface area contributed by atoms with Crippen LogP contribution in [0.5, 0.6) is 0 Å². The highest BCUT2D eigenvalue weighted by Crippen LogP contribution is 2.23. The molecule has 2 N–H and O–H groups in total. The molecule has 5 heteroatoms. The van der Waals surface area contributed by atoms with Crippen molar-refractivity contribution in [3.63, 3.8) is 0 Å². The Hall–Kier alpha value is -0.290. The Morgan fingerprint density at radius 1 is 1.33 bits per heavy atom. The van der Waals surface area contributed by atoms with E-state index < -0.39 is 24.7 Å². The lowest BCUT2D eigenvalue weighted by Crippen LogP contribution is -2.47. The van der Waals surface area contributed by atoms with Crippen LogP contribution in [0.15, 0.2) is 0 Å². The SMILES string of the molecule is CC(CC(F)(F)F)N[C@H]1CCCC[C@@H]1O. The van der Waals surface area contributed by atoms with Gasteiger partial charge in [-0.2, -0.15) is 13.2 Å². The fourth-order valence-electron chi connectivity index (χ4n) is 2.08. The summed E-state index contributed by atoms with van der Waals surface area (Å²) < 4.78 is 36.2. The Morgan fingerprint density at radius 3 is 2.47 bits per heavy atom. The Kier molecular flexibility index (Phi) is 4.40. The maximum absolute atomic E-state index is 12.1. The number of hydrogen-bond acceptors (Lipinski definition) is 2. The molecule has 15 heavy (non-hydrogen) atoms. The van der Waals surface area contributed by atoms with Gasteiger partial charge in [0, 0.05) is 12.1 Å². The molecule has 3 atom stereocenters. The average molecular weight is 225 g/mol. The lowest BCUT2D eigenvalue weighted by molar-refractivity contribution is -0.140. The zero-order chi connectivity index (χ0) is 11.5. The van der Waals surface area contributed by atoms with Crippen LogP contribution in [0.2, 0.25) is 0 Å². The lowest BCUT2D eigenvalue weighted by atomic mass is 9.92. The van der Waals surface area contributed by atoms with Crippen LogP contribution >= 0.6 is 0 Å². The zero-order valence-electron chi connectivity index (χ0n) is 8.85. The minimum absolute atomic E-state index is 0.170. The van der Waals surface area contributed by atoms with Crippen LogP contribution in [0.4, 0.5) is 13.2 Å². The van der Waals surface area contributed by atoms with Crippen molar-refractivity contribution in [2.45, 2.75) is 63.4 Å². The van der Waals surface area contributed by atoms with Crippen LogP contribution in [-0.2, 0) is 0 Å². The quantitative estimate of drug-likeness (QED) is 0.772. The summed E-state index contributed by atoms with van der Waals surface area (Å²) in [4.78, 5) is 0. The predicted octanol–water partition coefficient (Wildman–Crippen LogP) is 2.22. The molecule has 1 saturated carbocycles. The highest BCUT2D eigenvalue weighted by atomic mass is 19.4. The van der Waals surface area contributed by atoms with E-state index in [1.165, 1.54) is 6.92 Å². The Morgan fingerprint density at radius 2 is 1.93 bits per heavy atom. The van der Waals surface area contributed by atoms with Crippen molar-refractivity contribution in [3.8, 4) is 0 Å². The van der Waals surface area contributed by atoms with Gasteiger partial charge in [0.25, 0.3) is 0 Å². The summed E-state index contributed by atoms with van der Waals surface area (Å²) in [5.74, 6) is 0. The van der Waals surface area contributed by atoms with Gasteiger partial charge in [0.1, 0.15) is 0 Å². The summed E-state index contributed by atoms with van der Waals surface area (Å²) in [5.41, 5.74) is 0. The molecule has 0 bridgehead atoms. The van der Waals surface area contributed by atoms with E-state index in [4.69, 9.17) is 0 Å². The van der Waals surface area contributed by atoms with Crippen molar-refractivity contribution in [3.05, 3.63) is 0 Å². The van der Waals surface area contributed by atoms with E-state index in [0.717, 1.165) is 19.3 Å². The highest BCUT2D eigenvalue weighted by molar-refractivity contribution is 4.83. The van der Waals surface area contributed by atoms with Gasteiger partial charge in [-0.1, -0.05) is 12.8 Å². The number of rotatable bonds is 3. The van der Waals surface area contributed by atoms with Gasteiger partial charge < -0.3 is 10.4 Å². The molecule has 1 unspecified atom stereocenters. The monoisotopic (exact) mass is 225 g/mol. The van der Waals surface area contributed by atoms with Gasteiger partial charge in [0.15, 0.2) is 0 Å². The Balaban J connectivity index is 2.33. The molecule has 1 fully saturated rings. The number of halogens is 3. The molecule has 0 radical (unpaired) electrons. The number of hydrogen-bond donors (Lipinski definition) is 2. The van der Waals surface area contributed by atoms with Gasteiger partial charge in [-0.15, -0.1) is 0 Å². The zero-order valence-corrected chi connectivity index (χ0v) is 8.85. The molecule has 0 aromatic rings. The van der Waals surface area contributed by atoms with E-state index in [0.29, 0.717) is 6.42 Å². The first-order chi connectivity index (χ1) is 6.88. The third kappa shape index (κ3) is 4.84. The van der Waals surface area contributed by atoms with Gasteiger partial charge in [0.2, 0.25) is 0 Å². The van der Waals surface area contributed by atoms with Crippen molar-refractivity contribution in [2.75, 3.05) is 0 Å². The normalized spacial score (nSPS) is 30.2. The van der Waals surface area contributed by atoms with Crippen LogP contribution in [-0.4, -0.2) is 29.5 Å². The summed E-state index contributed by atoms with van der Waals surface area (Å²) in [7, 11) is 0. The topological polar surface area (TPSA) is 32.3 Å². The number of aliphatic hydroxyl groups excluding tert-OH is 1. The second-order valence-electron chi connectivity index (χ2n) is 4.35. The number of aliphatic hydroxyl groups is 1. The van der Waals surface area contributed by atoms with Gasteiger partial charge in [-0.05, 0) is 19.8 Å². The Bertz CT molecular complexity index is 196. The van der Waals surface area contributed by atoms with Gasteiger partial charge in [-0.25, -0.2) is 0 Å². The minimum atomic E-state index is -4.13. The number of nitrogens with one attached hydrogen (secondary N) is 1. The van der Waals surface area contributed by atoms with Gasteiger partial charge in [-0.3, -0.25) is 0 Å². The Labute approximate surface area is 87.9 Å². The maximum atomic E-state index is 12.1. The van der Waals surface area contributed by atoms with Crippen molar-refractivity contribution in [1.29, 1.82) is 0 Å². The summed E-state index contributed by atoms with van der Waals surface area (Å²) in [6.07, 6.45) is -2.06. The molecule has 1 aliphatic rings. The molecule has 90 valence electrons. The molecule has 2 nitrogen and oxygen atoms in total. The van der Waals surface area contributed by atoms with E-state index in [9.17, 15) is 18.3 Å². The summed E-state index contributed by atoms with van der Waals surface area (Å²) in [6, 6.07) is -0.793. The van der Waals surface area contributed by atoms with Gasteiger partial charge in [0.05, 0.1) is 12.5 Å². The predicted molar refractivity (Wildman–Crippen MR) is 51.5 cm³/mol.